The summed E-state index contributed by atoms with van der Waals surface area (Å²) >= 11 is 0. The van der Waals surface area contributed by atoms with Gasteiger partial charge in [-0.25, -0.2) is 0 Å². The van der Waals surface area contributed by atoms with Crippen molar-refractivity contribution >= 4 is 106 Å². The third kappa shape index (κ3) is 24.7. The van der Waals surface area contributed by atoms with Crippen molar-refractivity contribution in [2.45, 2.75) is 79.7 Å². The Kier molecular flexibility index (Phi) is 33.3. The Morgan fingerprint density at radius 2 is 0.493 bits per heavy atom. The summed E-state index contributed by atoms with van der Waals surface area (Å²) in [6.45, 7) is 27.6. The fourth-order valence-corrected chi connectivity index (χ4v) is 22.4. The van der Waals surface area contributed by atoms with Crippen LogP contribution in [0.25, 0.3) is 213 Å². The van der Waals surface area contributed by atoms with Crippen LogP contribution in [-0.2, 0) is 60.3 Å². The number of aromatic nitrogens is 9. The van der Waals surface area contributed by atoms with E-state index in [4.69, 9.17) is 36.5 Å². The van der Waals surface area contributed by atoms with E-state index in [9.17, 15) is 0 Å². The molecule has 0 fully saturated rings. The molecule has 0 atom stereocenters. The molecule has 0 N–H and O–H groups in total. The van der Waals surface area contributed by atoms with Crippen LogP contribution < -0.4 is 15.6 Å². The van der Waals surface area contributed by atoms with Gasteiger partial charge in [-0.1, -0.05) is 371 Å². The van der Waals surface area contributed by atoms with Crippen LogP contribution in [-0.4, -0.2) is 69.8 Å². The second-order valence-electron chi connectivity index (χ2n) is 39.1. The number of para-hydroxylation sites is 3. The van der Waals surface area contributed by atoms with Gasteiger partial charge in [-0.3, -0.25) is 0 Å². The molecule has 0 saturated heterocycles. The quantitative estimate of drug-likeness (QED) is 0.0654. The van der Waals surface area contributed by atoms with Gasteiger partial charge in [-0.15, -0.1) is 158 Å². The van der Waals surface area contributed by atoms with Crippen molar-refractivity contribution in [2.24, 2.45) is 0 Å². The predicted octanol–water partition coefficient (Wildman–Crippen LogP) is 32.2. The first-order valence-corrected chi connectivity index (χ1v) is 59.4. The van der Waals surface area contributed by atoms with E-state index in [0.717, 1.165) is 133 Å². The molecule has 0 bridgehead atoms. The summed E-state index contributed by atoms with van der Waals surface area (Å²) in [6.07, 6.45) is 6.24. The van der Waals surface area contributed by atoms with Gasteiger partial charge in [-0.05, 0) is 151 Å². The summed E-state index contributed by atoms with van der Waals surface area (Å²) < 4.78 is 35.1. The first kappa shape index (κ1) is 106. The maximum atomic E-state index is 5.91. The minimum Gasteiger partial charge on any atom is -0.476 e. The number of fused-ring (bicyclic) bond motifs is 9. The van der Waals surface area contributed by atoms with Crippen LogP contribution in [0, 0.1) is 57.2 Å². The Labute approximate surface area is 916 Å². The standard InChI is InChI=1S/2C26H24NSi.C21H13N2O2.2C20H11N2O2.C16H20NSi.3Ir/c2*1-28(2,3)26-19-27-25(18-24(26)21-13-8-5-9-14-21)23-16-10-15-22(17-23)20-11-6-4-7-12-20;1-13-6-8-14(9-7-13)20-22-23-21(25-20)15-10-11-17-16-4-2-3-5-18(16)24-19(17)12-15;2*1-2-6-13(7-3-1)19-21-22-20(24-19)14-10-11-16-15-8-4-5-9-17(15)23-18(16)12-14;1-12-7-6-8-14(9-12)15-10-13(2)16(11-17-15)18(3,4)5;;;/h2*4-15,17-19H,1-3H3;2-9,11-12H,1H3;2*1-9,11-12H;6-7,9-11H,1-5H3;;;/q6*-1;;;. The van der Waals surface area contributed by atoms with Gasteiger partial charge in [0.2, 0.25) is 17.7 Å². The average molecular weight is 2540 g/mol. The number of hydrogen-bond acceptors (Lipinski definition) is 15. The smallest absolute Gasteiger partial charge is 0.237 e. The maximum Gasteiger partial charge on any atom is 0.237 e. The third-order valence-electron chi connectivity index (χ3n) is 25.4. The van der Waals surface area contributed by atoms with E-state index in [1.54, 1.807) is 0 Å². The van der Waals surface area contributed by atoms with E-state index in [1.165, 1.54) is 76.8 Å². The summed E-state index contributed by atoms with van der Waals surface area (Å²) in [5.41, 5.74) is 29.5. The monoisotopic (exact) mass is 2540 g/mol. The molecule has 9 aromatic heterocycles. The number of pyridine rings is 3. The summed E-state index contributed by atoms with van der Waals surface area (Å²) in [6, 6.07) is 150. The predicted molar refractivity (Wildman–Crippen MR) is 604 cm³/mol. The van der Waals surface area contributed by atoms with Crippen LogP contribution in [0.5, 0.6) is 0 Å². The SMILES string of the molecule is C[Si](C)(C)c1cnc(-c2[c-]ccc(-c3ccccc3)c2)cc1-c1ccccc1.C[Si](C)(C)c1cnc(-c2[c-]ccc(-c3ccccc3)c2)cc1-c1ccccc1.Cc1cc[c-]c(-c2cc(C)c([Si](C)(C)C)cn2)c1.Cc1ccc(-c2nnc(-c3[c-]cc4c(c3)oc3ccccc34)o2)cc1.[Ir].[Ir].[Ir].[c-]1cc2c(cc1-c1nnc(-c3ccccc3)o1)oc1ccccc12.[c-]1cc2c(cc1-c1nnc(-c3ccccc3)o1)oc1ccccc12. The van der Waals surface area contributed by atoms with Crippen LogP contribution in [0.2, 0.25) is 58.9 Å². The minimum atomic E-state index is -1.52. The molecule has 0 spiro atoms. The van der Waals surface area contributed by atoms with Crippen molar-refractivity contribution < 1.29 is 86.8 Å². The molecule has 3 radical (unpaired) electrons. The molecule has 0 unspecified atom stereocenters. The molecular formula is C129H103Ir3N9O6Si3-6. The van der Waals surface area contributed by atoms with E-state index >= 15 is 0 Å². The number of nitrogens with zero attached hydrogens (tertiary/aromatic N) is 9. The summed E-state index contributed by atoms with van der Waals surface area (Å²) in [5.74, 6) is 2.76. The van der Waals surface area contributed by atoms with Gasteiger partial charge in [-0.2, -0.15) is 15.3 Å². The fraction of sp³-hybridized carbons (Fsp3) is 0.0930. The zero-order valence-electron chi connectivity index (χ0n) is 84.7. The van der Waals surface area contributed by atoms with Crippen molar-refractivity contribution in [3.05, 3.63) is 460 Å². The van der Waals surface area contributed by atoms with Gasteiger partial charge < -0.3 is 41.5 Å². The van der Waals surface area contributed by atoms with Crippen molar-refractivity contribution in [2.75, 3.05) is 0 Å². The first-order valence-electron chi connectivity index (χ1n) is 48.9. The van der Waals surface area contributed by atoms with E-state index < -0.39 is 24.2 Å². The number of aryl methyl sites for hydroxylation is 3. The van der Waals surface area contributed by atoms with Crippen LogP contribution in [0.15, 0.2) is 433 Å². The van der Waals surface area contributed by atoms with Crippen molar-refractivity contribution in [1.29, 1.82) is 0 Å². The van der Waals surface area contributed by atoms with Gasteiger partial charge in [0.1, 0.15) is 16.7 Å². The number of rotatable bonds is 16. The zero-order valence-corrected chi connectivity index (χ0v) is 94.8. The molecule has 16 aromatic carbocycles. The molecule has 15 nitrogen and oxygen atoms in total. The second-order valence-corrected chi connectivity index (χ2v) is 54.2. The van der Waals surface area contributed by atoms with E-state index in [2.05, 4.69) is 327 Å². The average Bonchev–Trinajstić information content (AvgIpc) is 1.57. The number of hydrogen-bond donors (Lipinski definition) is 0. The summed E-state index contributed by atoms with van der Waals surface area (Å²) in [4.78, 5) is 14.3. The van der Waals surface area contributed by atoms with Gasteiger partial charge in [0.25, 0.3) is 0 Å². The van der Waals surface area contributed by atoms with Gasteiger partial charge in [0, 0.05) is 95.6 Å². The van der Waals surface area contributed by atoms with Crippen molar-refractivity contribution in [3.8, 4) is 147 Å². The van der Waals surface area contributed by atoms with Crippen LogP contribution in [0.1, 0.15) is 16.7 Å². The van der Waals surface area contributed by atoms with Crippen LogP contribution in [0.4, 0.5) is 0 Å². The molecule has 745 valence electrons. The van der Waals surface area contributed by atoms with Gasteiger partial charge >= 0.3 is 0 Å². The molecule has 0 saturated carbocycles. The molecule has 0 aliphatic rings. The molecule has 9 heterocycles. The third-order valence-corrected chi connectivity index (χ3v) is 31.5. The molecule has 150 heavy (non-hydrogen) atoms. The fourth-order valence-electron chi connectivity index (χ4n) is 17.7. The Bertz CT molecular complexity index is 8550. The molecular weight excluding hydrogens is 2430 g/mol. The second kappa shape index (κ2) is 47.3. The molecule has 25 aromatic rings. The molecule has 0 aliphatic carbocycles. The Morgan fingerprint density at radius 3 is 0.827 bits per heavy atom. The number of benzene rings is 16. The summed E-state index contributed by atoms with van der Waals surface area (Å²) in [5, 5.41) is 35.3. The topological polar surface area (TPSA) is 195 Å². The largest absolute Gasteiger partial charge is 0.476 e. The van der Waals surface area contributed by atoms with Crippen molar-refractivity contribution in [1.82, 2.24) is 45.5 Å². The minimum absolute atomic E-state index is 0. The van der Waals surface area contributed by atoms with Gasteiger partial charge in [0.15, 0.2) is 17.7 Å². The Balaban J connectivity index is 0.000000123. The van der Waals surface area contributed by atoms with Crippen LogP contribution in [0.3, 0.4) is 0 Å². The van der Waals surface area contributed by atoms with Crippen molar-refractivity contribution in [3.63, 3.8) is 0 Å². The Morgan fingerprint density at radius 1 is 0.207 bits per heavy atom. The van der Waals surface area contributed by atoms with Gasteiger partial charge in [0.05, 0.1) is 41.0 Å². The maximum absolute atomic E-state index is 5.91. The zero-order chi connectivity index (χ0) is 101. The molecule has 0 aliphatic heterocycles. The Hall–Kier alpha value is -15.6. The van der Waals surface area contributed by atoms with Crippen LogP contribution >= 0.6 is 0 Å². The molecule has 25 rings (SSSR count). The number of furan rings is 3. The first-order chi connectivity index (χ1) is 71.5. The van der Waals surface area contributed by atoms with E-state index in [1.807, 2.05) is 231 Å². The van der Waals surface area contributed by atoms with E-state index in [-0.39, 0.29) is 60.3 Å². The normalized spacial score (nSPS) is 11.2. The molecule has 21 heteroatoms. The van der Waals surface area contributed by atoms with E-state index in [0.29, 0.717) is 35.3 Å². The molecule has 0 amide bonds. The summed E-state index contributed by atoms with van der Waals surface area (Å²) in [7, 11) is -4.33.